The van der Waals surface area contributed by atoms with Crippen LogP contribution in [0.5, 0.6) is 0 Å². The number of nitrogens with zero attached hydrogens (tertiary/aromatic N) is 3. The van der Waals surface area contributed by atoms with Crippen molar-refractivity contribution < 1.29 is 23.2 Å². The van der Waals surface area contributed by atoms with Crippen molar-refractivity contribution in [2.24, 2.45) is 0 Å². The van der Waals surface area contributed by atoms with Crippen LogP contribution < -0.4 is 5.32 Å². The van der Waals surface area contributed by atoms with E-state index in [4.69, 9.17) is 0 Å². The summed E-state index contributed by atoms with van der Waals surface area (Å²) in [4.78, 5) is 16.9. The van der Waals surface area contributed by atoms with Crippen LogP contribution in [0.1, 0.15) is 17.4 Å². The van der Waals surface area contributed by atoms with Crippen LogP contribution >= 0.6 is 0 Å². The van der Waals surface area contributed by atoms with Gasteiger partial charge in [-0.3, -0.25) is 10.1 Å². The highest BCUT2D eigenvalue weighted by Crippen LogP contribution is 2.27. The highest BCUT2D eigenvalue weighted by molar-refractivity contribution is 5.35. The van der Waals surface area contributed by atoms with Gasteiger partial charge in [-0.2, -0.15) is 13.2 Å². The van der Waals surface area contributed by atoms with Crippen molar-refractivity contribution in [3.63, 3.8) is 0 Å². The van der Waals surface area contributed by atoms with Gasteiger partial charge in [-0.15, -0.1) is 0 Å². The summed E-state index contributed by atoms with van der Waals surface area (Å²) in [7, 11) is 0. The number of aliphatic hydroxyl groups is 1. The van der Waals surface area contributed by atoms with Crippen LogP contribution in [0.3, 0.4) is 0 Å². The zero-order valence-corrected chi connectivity index (χ0v) is 11.5. The standard InChI is InChI=1S/C13H11F3N4O3/c14-13(15,16)11-5-6-17-12(19-11)18-7-10(21)8-1-3-9(4-2-8)20(22)23/h1-6,10,21H,7H2,(H,17,18,19)/t10-/m1/s1. The van der Waals surface area contributed by atoms with E-state index in [0.717, 1.165) is 12.3 Å². The summed E-state index contributed by atoms with van der Waals surface area (Å²) in [6.45, 7) is -0.154. The average molecular weight is 328 g/mol. The minimum absolute atomic E-state index is 0.130. The molecule has 0 aliphatic heterocycles. The summed E-state index contributed by atoms with van der Waals surface area (Å²) in [6, 6.07) is 5.89. The predicted octanol–water partition coefficient (Wildman–Crippen LogP) is 2.55. The van der Waals surface area contributed by atoms with Crippen LogP contribution in [0, 0.1) is 10.1 Å². The van der Waals surface area contributed by atoms with E-state index < -0.39 is 22.9 Å². The van der Waals surface area contributed by atoms with E-state index >= 15 is 0 Å². The minimum Gasteiger partial charge on any atom is -0.387 e. The maximum Gasteiger partial charge on any atom is 0.433 e. The third-order valence-corrected chi connectivity index (χ3v) is 2.89. The highest BCUT2D eigenvalue weighted by Gasteiger charge is 2.32. The molecule has 2 rings (SSSR count). The lowest BCUT2D eigenvalue weighted by atomic mass is 10.1. The molecule has 0 saturated carbocycles. The number of hydrogen-bond acceptors (Lipinski definition) is 6. The van der Waals surface area contributed by atoms with Crippen LogP contribution in [0.15, 0.2) is 36.5 Å². The van der Waals surface area contributed by atoms with E-state index in [1.54, 1.807) is 0 Å². The Balaban J connectivity index is 2.01. The second-order valence-corrected chi connectivity index (χ2v) is 4.51. The van der Waals surface area contributed by atoms with E-state index in [1.807, 2.05) is 0 Å². The second-order valence-electron chi connectivity index (χ2n) is 4.51. The lowest BCUT2D eigenvalue weighted by Crippen LogP contribution is -2.16. The van der Waals surface area contributed by atoms with Gasteiger partial charge in [-0.05, 0) is 23.8 Å². The normalized spacial score (nSPS) is 12.7. The Bertz CT molecular complexity index is 692. The van der Waals surface area contributed by atoms with Crippen molar-refractivity contribution in [2.45, 2.75) is 12.3 Å². The van der Waals surface area contributed by atoms with E-state index in [1.165, 1.54) is 24.3 Å². The molecule has 122 valence electrons. The number of aliphatic hydroxyl groups excluding tert-OH is 1. The number of non-ortho nitro benzene ring substituents is 1. The van der Waals surface area contributed by atoms with Gasteiger partial charge in [0, 0.05) is 24.9 Å². The topological polar surface area (TPSA) is 101 Å². The third-order valence-electron chi connectivity index (χ3n) is 2.89. The van der Waals surface area contributed by atoms with Crippen molar-refractivity contribution >= 4 is 11.6 Å². The molecule has 0 aliphatic carbocycles. The van der Waals surface area contributed by atoms with E-state index in [9.17, 15) is 28.4 Å². The Morgan fingerprint density at radius 3 is 2.48 bits per heavy atom. The molecule has 0 bridgehead atoms. The molecule has 0 radical (unpaired) electrons. The predicted molar refractivity (Wildman–Crippen MR) is 73.6 cm³/mol. The zero-order valence-electron chi connectivity index (χ0n) is 11.5. The quantitative estimate of drug-likeness (QED) is 0.646. The monoisotopic (exact) mass is 328 g/mol. The number of hydrogen-bond donors (Lipinski definition) is 2. The molecule has 1 atom stereocenters. The molecule has 23 heavy (non-hydrogen) atoms. The molecule has 1 aromatic heterocycles. The first-order valence-corrected chi connectivity index (χ1v) is 6.34. The number of anilines is 1. The molecule has 2 N–H and O–H groups in total. The maximum atomic E-state index is 12.5. The number of halogens is 3. The van der Waals surface area contributed by atoms with Gasteiger partial charge in [-0.25, -0.2) is 9.97 Å². The van der Waals surface area contributed by atoms with Gasteiger partial charge in [-0.1, -0.05) is 0 Å². The summed E-state index contributed by atoms with van der Waals surface area (Å²) in [5.74, 6) is -0.277. The molecule has 7 nitrogen and oxygen atoms in total. The molecule has 2 aromatic rings. The molecule has 10 heteroatoms. The molecule has 1 aromatic carbocycles. The van der Waals surface area contributed by atoms with Gasteiger partial charge in [0.15, 0.2) is 0 Å². The van der Waals surface area contributed by atoms with Gasteiger partial charge >= 0.3 is 6.18 Å². The highest BCUT2D eigenvalue weighted by atomic mass is 19.4. The fraction of sp³-hybridized carbons (Fsp3) is 0.231. The van der Waals surface area contributed by atoms with Crippen LogP contribution in [-0.4, -0.2) is 26.5 Å². The lowest BCUT2D eigenvalue weighted by Gasteiger charge is -2.13. The Kier molecular flexibility index (Phi) is 4.74. The van der Waals surface area contributed by atoms with Gasteiger partial charge in [0.2, 0.25) is 5.95 Å². The number of nitro groups is 1. The summed E-state index contributed by atoms with van der Waals surface area (Å²) in [5, 5.41) is 22.9. The molecule has 0 spiro atoms. The van der Waals surface area contributed by atoms with Crippen LogP contribution in [0.25, 0.3) is 0 Å². The first kappa shape index (κ1) is 16.6. The van der Waals surface area contributed by atoms with Gasteiger partial charge in [0.1, 0.15) is 5.69 Å². The van der Waals surface area contributed by atoms with E-state index in [0.29, 0.717) is 5.56 Å². The Labute approximate surface area is 128 Å². The number of benzene rings is 1. The molecule has 0 fully saturated rings. The van der Waals surface area contributed by atoms with Crippen LogP contribution in [0.2, 0.25) is 0 Å². The fourth-order valence-electron chi connectivity index (χ4n) is 1.73. The van der Waals surface area contributed by atoms with Gasteiger partial charge in [0.05, 0.1) is 11.0 Å². The third kappa shape index (κ3) is 4.36. The fourth-order valence-corrected chi connectivity index (χ4v) is 1.73. The average Bonchev–Trinajstić information content (AvgIpc) is 2.52. The Morgan fingerprint density at radius 1 is 1.26 bits per heavy atom. The summed E-state index contributed by atoms with van der Waals surface area (Å²) in [6.07, 6.45) is -4.72. The van der Waals surface area contributed by atoms with Crippen LogP contribution in [0.4, 0.5) is 24.8 Å². The maximum absolute atomic E-state index is 12.5. The van der Waals surface area contributed by atoms with Crippen molar-refractivity contribution in [2.75, 3.05) is 11.9 Å². The summed E-state index contributed by atoms with van der Waals surface area (Å²) < 4.78 is 37.5. The SMILES string of the molecule is O=[N+]([O-])c1ccc([C@H](O)CNc2nccc(C(F)(F)F)n2)cc1. The molecule has 0 saturated heterocycles. The van der Waals surface area contributed by atoms with Crippen molar-refractivity contribution in [1.82, 2.24) is 9.97 Å². The largest absolute Gasteiger partial charge is 0.433 e. The minimum atomic E-state index is -4.59. The smallest absolute Gasteiger partial charge is 0.387 e. The number of nitro benzene ring substituents is 1. The molecule has 1 heterocycles. The Hall–Kier alpha value is -2.75. The molecular formula is C13H11F3N4O3. The zero-order chi connectivity index (χ0) is 17.0. The molecular weight excluding hydrogens is 317 g/mol. The summed E-state index contributed by atoms with van der Waals surface area (Å²) >= 11 is 0. The molecule has 0 aliphatic rings. The first-order chi connectivity index (χ1) is 10.8. The van der Waals surface area contributed by atoms with Gasteiger partial charge in [0.25, 0.3) is 5.69 Å². The summed E-state index contributed by atoms with van der Waals surface area (Å²) in [5.41, 5.74) is -0.856. The Morgan fingerprint density at radius 2 is 1.91 bits per heavy atom. The molecule has 0 amide bonds. The number of aromatic nitrogens is 2. The van der Waals surface area contributed by atoms with E-state index in [-0.39, 0.29) is 18.2 Å². The van der Waals surface area contributed by atoms with Gasteiger partial charge < -0.3 is 10.4 Å². The van der Waals surface area contributed by atoms with Crippen molar-refractivity contribution in [1.29, 1.82) is 0 Å². The second kappa shape index (κ2) is 6.57. The van der Waals surface area contributed by atoms with Crippen molar-refractivity contribution in [3.8, 4) is 0 Å². The van der Waals surface area contributed by atoms with E-state index in [2.05, 4.69) is 15.3 Å². The molecule has 0 unspecified atom stereocenters. The number of rotatable bonds is 5. The lowest BCUT2D eigenvalue weighted by molar-refractivity contribution is -0.384. The van der Waals surface area contributed by atoms with Crippen molar-refractivity contribution in [3.05, 3.63) is 57.9 Å². The van der Waals surface area contributed by atoms with Crippen LogP contribution in [-0.2, 0) is 6.18 Å². The number of alkyl halides is 3. The first-order valence-electron chi connectivity index (χ1n) is 6.34. The number of nitrogens with one attached hydrogen (secondary N) is 1.